The van der Waals surface area contributed by atoms with Crippen molar-refractivity contribution in [2.24, 2.45) is 0 Å². The Labute approximate surface area is 146 Å². The van der Waals surface area contributed by atoms with Crippen LogP contribution in [-0.4, -0.2) is 45.1 Å². The highest BCUT2D eigenvalue weighted by molar-refractivity contribution is 9.10. The summed E-state index contributed by atoms with van der Waals surface area (Å²) < 4.78 is 3.27. The van der Waals surface area contributed by atoms with E-state index in [9.17, 15) is 0 Å². The van der Waals surface area contributed by atoms with Gasteiger partial charge in [-0.15, -0.1) is 0 Å². The number of imidazole rings is 1. The van der Waals surface area contributed by atoms with E-state index < -0.39 is 0 Å². The number of pyridine rings is 1. The lowest BCUT2D eigenvalue weighted by Gasteiger charge is -2.37. The molecule has 0 spiro atoms. The topological polar surface area (TPSA) is 46.0 Å². The van der Waals surface area contributed by atoms with Crippen molar-refractivity contribution in [1.82, 2.24) is 24.8 Å². The van der Waals surface area contributed by atoms with Crippen molar-refractivity contribution in [3.8, 4) is 0 Å². The number of fused-ring (bicyclic) bond motifs is 1. The number of piperazine rings is 1. The zero-order chi connectivity index (χ0) is 16.4. The summed E-state index contributed by atoms with van der Waals surface area (Å²) in [4.78, 5) is 12.2. The monoisotopic (exact) mass is 379 g/mol. The predicted octanol–water partition coefficient (Wildman–Crippen LogP) is 3.35. The van der Waals surface area contributed by atoms with E-state index in [1.54, 1.807) is 0 Å². The molecule has 1 aliphatic heterocycles. The number of halogens is 1. The summed E-state index contributed by atoms with van der Waals surface area (Å²) in [5.41, 5.74) is 1.98. The first kappa shape index (κ1) is 16.9. The maximum atomic E-state index is 4.97. The molecule has 0 saturated carbocycles. The van der Waals surface area contributed by atoms with Crippen molar-refractivity contribution in [2.45, 2.75) is 52.2 Å². The summed E-state index contributed by atoms with van der Waals surface area (Å²) in [6.45, 7) is 10.8. The maximum Gasteiger partial charge on any atom is 0.160 e. The Kier molecular flexibility index (Phi) is 5.34. The molecule has 2 aromatic rings. The fourth-order valence-corrected chi connectivity index (χ4v) is 3.88. The van der Waals surface area contributed by atoms with Gasteiger partial charge in [0.1, 0.15) is 11.3 Å². The van der Waals surface area contributed by atoms with Crippen LogP contribution in [0.4, 0.5) is 0 Å². The van der Waals surface area contributed by atoms with Gasteiger partial charge in [0, 0.05) is 42.9 Å². The normalized spacial score (nSPS) is 21.0. The molecule has 0 bridgehead atoms. The minimum Gasteiger partial charge on any atom is -0.312 e. The van der Waals surface area contributed by atoms with Gasteiger partial charge in [0.2, 0.25) is 0 Å². The molecule has 1 saturated heterocycles. The molecular formula is C17H26BrN5. The fraction of sp³-hybridized carbons (Fsp3) is 0.647. The highest BCUT2D eigenvalue weighted by Crippen LogP contribution is 2.29. The van der Waals surface area contributed by atoms with E-state index in [1.807, 2.05) is 6.20 Å². The molecule has 1 N–H and O–H groups in total. The summed E-state index contributed by atoms with van der Waals surface area (Å²) in [6.07, 6.45) is 4.16. The lowest BCUT2D eigenvalue weighted by molar-refractivity contribution is 0.133. The third-order valence-electron chi connectivity index (χ3n) is 4.60. The van der Waals surface area contributed by atoms with Crippen LogP contribution in [-0.2, 0) is 6.54 Å². The van der Waals surface area contributed by atoms with Crippen LogP contribution in [0.5, 0.6) is 0 Å². The lowest BCUT2D eigenvalue weighted by atomic mass is 10.1. The van der Waals surface area contributed by atoms with Gasteiger partial charge in [-0.25, -0.2) is 9.97 Å². The Balaban J connectivity index is 2.03. The Morgan fingerprint density at radius 2 is 2.26 bits per heavy atom. The van der Waals surface area contributed by atoms with E-state index in [2.05, 4.69) is 62.5 Å². The molecule has 3 rings (SSSR count). The van der Waals surface area contributed by atoms with E-state index in [4.69, 9.17) is 4.98 Å². The summed E-state index contributed by atoms with van der Waals surface area (Å²) >= 11 is 3.51. The molecule has 6 heteroatoms. The average molecular weight is 380 g/mol. The van der Waals surface area contributed by atoms with Crippen LogP contribution in [0.25, 0.3) is 11.2 Å². The van der Waals surface area contributed by atoms with Gasteiger partial charge in [-0.2, -0.15) is 0 Å². The molecule has 0 aromatic carbocycles. The number of aromatic nitrogens is 3. The molecule has 5 nitrogen and oxygen atoms in total. The van der Waals surface area contributed by atoms with Crippen LogP contribution in [0, 0.1) is 0 Å². The summed E-state index contributed by atoms with van der Waals surface area (Å²) in [5, 5.41) is 3.54. The quantitative estimate of drug-likeness (QED) is 0.864. The van der Waals surface area contributed by atoms with Crippen LogP contribution in [0.15, 0.2) is 16.7 Å². The van der Waals surface area contributed by atoms with Crippen LogP contribution in [0.1, 0.15) is 45.5 Å². The molecule has 126 valence electrons. The summed E-state index contributed by atoms with van der Waals surface area (Å²) in [7, 11) is 0. The van der Waals surface area contributed by atoms with Gasteiger partial charge in [0.15, 0.2) is 5.65 Å². The minimum absolute atomic E-state index is 0.373. The highest BCUT2D eigenvalue weighted by atomic mass is 79.9. The molecule has 0 unspecified atom stereocenters. The molecular weight excluding hydrogens is 354 g/mol. The largest absolute Gasteiger partial charge is 0.312 e. The Morgan fingerprint density at radius 1 is 1.43 bits per heavy atom. The summed E-state index contributed by atoms with van der Waals surface area (Å²) in [5.74, 6) is 1.17. The minimum atomic E-state index is 0.373. The van der Waals surface area contributed by atoms with E-state index >= 15 is 0 Å². The van der Waals surface area contributed by atoms with Crippen LogP contribution >= 0.6 is 15.9 Å². The third-order valence-corrected chi connectivity index (χ3v) is 5.03. The van der Waals surface area contributed by atoms with Crippen LogP contribution < -0.4 is 5.32 Å². The van der Waals surface area contributed by atoms with Crippen molar-refractivity contribution >= 4 is 27.1 Å². The van der Waals surface area contributed by atoms with Gasteiger partial charge in [-0.1, -0.05) is 13.3 Å². The molecule has 3 heterocycles. The van der Waals surface area contributed by atoms with Crippen molar-refractivity contribution in [3.63, 3.8) is 0 Å². The predicted molar refractivity (Wildman–Crippen MR) is 97.6 cm³/mol. The zero-order valence-electron chi connectivity index (χ0n) is 14.2. The van der Waals surface area contributed by atoms with E-state index in [0.717, 1.165) is 54.7 Å². The third kappa shape index (κ3) is 3.44. The van der Waals surface area contributed by atoms with Gasteiger partial charge in [0.25, 0.3) is 0 Å². The van der Waals surface area contributed by atoms with Gasteiger partial charge in [0.05, 0.1) is 6.04 Å². The first-order valence-electron chi connectivity index (χ1n) is 8.63. The molecule has 0 amide bonds. The number of aryl methyl sites for hydroxylation is 1. The highest BCUT2D eigenvalue weighted by Gasteiger charge is 2.28. The Morgan fingerprint density at radius 3 is 2.96 bits per heavy atom. The molecule has 2 atom stereocenters. The number of hydrogen-bond acceptors (Lipinski definition) is 4. The van der Waals surface area contributed by atoms with Gasteiger partial charge < -0.3 is 9.88 Å². The second kappa shape index (κ2) is 7.28. The smallest absolute Gasteiger partial charge is 0.160 e. The molecule has 0 aliphatic carbocycles. The van der Waals surface area contributed by atoms with Crippen LogP contribution in [0.3, 0.4) is 0 Å². The number of nitrogens with one attached hydrogen (secondary N) is 1. The van der Waals surface area contributed by atoms with Gasteiger partial charge >= 0.3 is 0 Å². The maximum absolute atomic E-state index is 4.97. The number of rotatable bonds is 5. The Hall–Kier alpha value is -0.980. The van der Waals surface area contributed by atoms with Crippen molar-refractivity contribution < 1.29 is 0 Å². The van der Waals surface area contributed by atoms with Crippen LogP contribution in [0.2, 0.25) is 0 Å². The van der Waals surface area contributed by atoms with E-state index in [-0.39, 0.29) is 0 Å². The SMILES string of the molecule is CCC[C@H](c1nc2cc(Br)cnc2n1CC)N1CCN[C@H](C)C1. The first-order valence-corrected chi connectivity index (χ1v) is 9.42. The standard InChI is InChI=1S/C17H26BrN5/c1-4-6-15(22-8-7-19-12(3)11-22)17-21-14-9-13(18)10-20-16(14)23(17)5-2/h9-10,12,15,19H,4-8,11H2,1-3H3/t12-,15-/m1/s1. The van der Waals surface area contributed by atoms with Gasteiger partial charge in [-0.3, -0.25) is 4.90 Å². The van der Waals surface area contributed by atoms with E-state index in [1.165, 1.54) is 5.82 Å². The molecule has 23 heavy (non-hydrogen) atoms. The number of nitrogens with zero attached hydrogens (tertiary/aromatic N) is 4. The van der Waals surface area contributed by atoms with E-state index in [0.29, 0.717) is 12.1 Å². The first-order chi connectivity index (χ1) is 11.1. The molecule has 2 aromatic heterocycles. The second-order valence-electron chi connectivity index (χ2n) is 6.37. The molecule has 1 fully saturated rings. The average Bonchev–Trinajstić information content (AvgIpc) is 2.89. The fourth-order valence-electron chi connectivity index (χ4n) is 3.56. The summed E-state index contributed by atoms with van der Waals surface area (Å²) in [6, 6.07) is 2.98. The zero-order valence-corrected chi connectivity index (χ0v) is 15.8. The Bertz CT molecular complexity index is 668. The second-order valence-corrected chi connectivity index (χ2v) is 7.28. The van der Waals surface area contributed by atoms with Crippen molar-refractivity contribution in [3.05, 3.63) is 22.6 Å². The molecule has 1 aliphatic rings. The lowest BCUT2D eigenvalue weighted by Crippen LogP contribution is -2.50. The van der Waals surface area contributed by atoms with Crippen molar-refractivity contribution in [1.29, 1.82) is 0 Å². The van der Waals surface area contributed by atoms with Gasteiger partial charge in [-0.05, 0) is 42.3 Å². The molecule has 0 radical (unpaired) electrons. The van der Waals surface area contributed by atoms with Crippen molar-refractivity contribution in [2.75, 3.05) is 19.6 Å². The number of hydrogen-bond donors (Lipinski definition) is 1.